The Morgan fingerprint density at radius 2 is 1.78 bits per heavy atom. The van der Waals surface area contributed by atoms with Crippen LogP contribution in [0.3, 0.4) is 0 Å². The first-order valence-electron chi connectivity index (χ1n) is 8.31. The van der Waals surface area contributed by atoms with Crippen molar-refractivity contribution in [3.63, 3.8) is 0 Å². The third-order valence-corrected chi connectivity index (χ3v) is 3.72. The van der Waals surface area contributed by atoms with Crippen molar-refractivity contribution in [2.24, 2.45) is 0 Å². The maximum Gasteiger partial charge on any atom is 0.267 e. The molecular formula is C19H18N4O4. The highest BCUT2D eigenvalue weighted by atomic mass is 16.3. The van der Waals surface area contributed by atoms with Gasteiger partial charge in [0, 0.05) is 11.6 Å². The summed E-state index contributed by atoms with van der Waals surface area (Å²) in [5.41, 5.74) is 1.02. The Bertz CT molecular complexity index is 965. The molecule has 0 aliphatic rings. The summed E-state index contributed by atoms with van der Waals surface area (Å²) in [7, 11) is 0. The molecule has 0 unspecified atom stereocenters. The van der Waals surface area contributed by atoms with Crippen LogP contribution in [0.5, 0.6) is 0 Å². The number of furan rings is 1. The minimum atomic E-state index is -0.483. The second-order valence-electron chi connectivity index (χ2n) is 5.71. The van der Waals surface area contributed by atoms with Crippen LogP contribution >= 0.6 is 0 Å². The molecule has 3 rings (SSSR count). The van der Waals surface area contributed by atoms with Crippen LogP contribution in [0.4, 0.5) is 0 Å². The Labute approximate surface area is 154 Å². The maximum absolute atomic E-state index is 12.0. The minimum absolute atomic E-state index is 0.202. The Morgan fingerprint density at radius 3 is 2.52 bits per heavy atom. The molecule has 0 saturated heterocycles. The van der Waals surface area contributed by atoms with Gasteiger partial charge in [0.2, 0.25) is 11.8 Å². The van der Waals surface area contributed by atoms with Gasteiger partial charge in [-0.1, -0.05) is 30.3 Å². The van der Waals surface area contributed by atoms with E-state index in [1.807, 2.05) is 30.3 Å². The van der Waals surface area contributed by atoms with Crippen molar-refractivity contribution in [3.05, 3.63) is 77.0 Å². The monoisotopic (exact) mass is 366 g/mol. The summed E-state index contributed by atoms with van der Waals surface area (Å²) in [5.74, 6) is -0.232. The smallest absolute Gasteiger partial charge is 0.267 e. The standard InChI is InChI=1S/C19H18N4O4/c24-17(20-11-15-7-4-10-27-15)12-21-18(25)13-23-19(26)9-8-16(22-23)14-5-2-1-3-6-14/h1-10H,11-13H2,(H,20,24)(H,21,25). The average molecular weight is 366 g/mol. The third kappa shape index (κ3) is 5.15. The van der Waals surface area contributed by atoms with Crippen molar-refractivity contribution < 1.29 is 14.0 Å². The summed E-state index contributed by atoms with van der Waals surface area (Å²) in [5, 5.41) is 9.29. The molecule has 8 nitrogen and oxygen atoms in total. The van der Waals surface area contributed by atoms with E-state index < -0.39 is 11.5 Å². The molecule has 0 saturated carbocycles. The van der Waals surface area contributed by atoms with Crippen LogP contribution in [0.25, 0.3) is 11.3 Å². The molecule has 0 radical (unpaired) electrons. The normalized spacial score (nSPS) is 10.4. The van der Waals surface area contributed by atoms with E-state index in [1.165, 1.54) is 12.3 Å². The Kier molecular flexibility index (Phi) is 5.78. The van der Waals surface area contributed by atoms with Crippen molar-refractivity contribution in [1.82, 2.24) is 20.4 Å². The summed E-state index contributed by atoms with van der Waals surface area (Å²) in [6.45, 7) is -0.237. The number of rotatable bonds is 7. The van der Waals surface area contributed by atoms with E-state index in [0.29, 0.717) is 11.5 Å². The molecule has 27 heavy (non-hydrogen) atoms. The lowest BCUT2D eigenvalue weighted by molar-refractivity contribution is -0.126. The molecular weight excluding hydrogens is 348 g/mol. The van der Waals surface area contributed by atoms with Crippen LogP contribution < -0.4 is 16.2 Å². The van der Waals surface area contributed by atoms with Gasteiger partial charge in [0.05, 0.1) is 25.0 Å². The molecule has 0 fully saturated rings. The SMILES string of the molecule is O=C(CNC(=O)Cn1nc(-c2ccccc2)ccc1=O)NCc1ccco1. The first-order chi connectivity index (χ1) is 13.1. The summed E-state index contributed by atoms with van der Waals surface area (Å²) in [4.78, 5) is 35.7. The quantitative estimate of drug-likeness (QED) is 0.647. The van der Waals surface area contributed by atoms with Gasteiger partial charge in [0.1, 0.15) is 12.3 Å². The summed E-state index contributed by atoms with van der Waals surface area (Å²) in [6.07, 6.45) is 1.51. The predicted octanol–water partition coefficient (Wildman–Crippen LogP) is 0.936. The van der Waals surface area contributed by atoms with Crippen molar-refractivity contribution >= 4 is 11.8 Å². The van der Waals surface area contributed by atoms with Crippen LogP contribution in [-0.2, 0) is 22.7 Å². The molecule has 2 heterocycles. The van der Waals surface area contributed by atoms with E-state index in [1.54, 1.807) is 18.2 Å². The molecule has 0 spiro atoms. The fourth-order valence-electron chi connectivity index (χ4n) is 2.36. The lowest BCUT2D eigenvalue weighted by Crippen LogP contribution is -2.39. The maximum atomic E-state index is 12.0. The Balaban J connectivity index is 1.54. The van der Waals surface area contributed by atoms with E-state index in [0.717, 1.165) is 10.2 Å². The summed E-state index contributed by atoms with van der Waals surface area (Å²) < 4.78 is 6.17. The number of carbonyl (C=O) groups is 2. The van der Waals surface area contributed by atoms with E-state index in [2.05, 4.69) is 15.7 Å². The van der Waals surface area contributed by atoms with Crippen molar-refractivity contribution in [1.29, 1.82) is 0 Å². The molecule has 1 aromatic carbocycles. The Hall–Kier alpha value is -3.68. The lowest BCUT2D eigenvalue weighted by Gasteiger charge is -2.08. The highest BCUT2D eigenvalue weighted by Crippen LogP contribution is 2.13. The van der Waals surface area contributed by atoms with Crippen molar-refractivity contribution in [3.8, 4) is 11.3 Å². The topological polar surface area (TPSA) is 106 Å². The van der Waals surface area contributed by atoms with Crippen LogP contribution in [0.15, 0.2) is 70.1 Å². The highest BCUT2D eigenvalue weighted by molar-refractivity contribution is 5.84. The number of nitrogens with zero attached hydrogens (tertiary/aromatic N) is 2. The fourth-order valence-corrected chi connectivity index (χ4v) is 2.36. The molecule has 0 bridgehead atoms. The van der Waals surface area contributed by atoms with Gasteiger partial charge >= 0.3 is 0 Å². The first-order valence-corrected chi connectivity index (χ1v) is 8.31. The number of nitrogens with one attached hydrogen (secondary N) is 2. The molecule has 2 aromatic heterocycles. The largest absolute Gasteiger partial charge is 0.467 e. The zero-order chi connectivity index (χ0) is 19.1. The van der Waals surface area contributed by atoms with Crippen LogP contribution in [0.2, 0.25) is 0 Å². The number of hydrogen-bond donors (Lipinski definition) is 2. The summed E-state index contributed by atoms with van der Waals surface area (Å²) in [6, 6.07) is 15.7. The van der Waals surface area contributed by atoms with Crippen LogP contribution in [0.1, 0.15) is 5.76 Å². The molecule has 2 N–H and O–H groups in total. The van der Waals surface area contributed by atoms with E-state index in [-0.39, 0.29) is 25.5 Å². The molecule has 3 aromatic rings. The van der Waals surface area contributed by atoms with Crippen LogP contribution in [-0.4, -0.2) is 28.1 Å². The van der Waals surface area contributed by atoms with Gasteiger partial charge in [-0.3, -0.25) is 14.4 Å². The molecule has 2 amide bonds. The third-order valence-electron chi connectivity index (χ3n) is 3.72. The van der Waals surface area contributed by atoms with Crippen molar-refractivity contribution in [2.45, 2.75) is 13.1 Å². The van der Waals surface area contributed by atoms with E-state index in [4.69, 9.17) is 4.42 Å². The van der Waals surface area contributed by atoms with Gasteiger partial charge in [-0.15, -0.1) is 0 Å². The summed E-state index contributed by atoms with van der Waals surface area (Å²) >= 11 is 0. The van der Waals surface area contributed by atoms with Gasteiger partial charge in [0.15, 0.2) is 0 Å². The van der Waals surface area contributed by atoms with E-state index in [9.17, 15) is 14.4 Å². The van der Waals surface area contributed by atoms with Gasteiger partial charge < -0.3 is 15.1 Å². The number of hydrogen-bond acceptors (Lipinski definition) is 5. The number of amides is 2. The minimum Gasteiger partial charge on any atom is -0.467 e. The second-order valence-corrected chi connectivity index (χ2v) is 5.71. The van der Waals surface area contributed by atoms with Crippen LogP contribution in [0, 0.1) is 0 Å². The van der Waals surface area contributed by atoms with Gasteiger partial charge in [-0.05, 0) is 18.2 Å². The number of benzene rings is 1. The highest BCUT2D eigenvalue weighted by Gasteiger charge is 2.10. The fraction of sp³-hybridized carbons (Fsp3) is 0.158. The first kappa shape index (κ1) is 18.1. The van der Waals surface area contributed by atoms with Gasteiger partial charge in [-0.25, -0.2) is 4.68 Å². The predicted molar refractivity (Wildman–Crippen MR) is 97.5 cm³/mol. The number of aromatic nitrogens is 2. The average Bonchev–Trinajstić information content (AvgIpc) is 3.21. The van der Waals surface area contributed by atoms with Gasteiger partial charge in [-0.2, -0.15) is 5.10 Å². The molecule has 0 aliphatic heterocycles. The van der Waals surface area contributed by atoms with E-state index >= 15 is 0 Å². The van der Waals surface area contributed by atoms with Crippen molar-refractivity contribution in [2.75, 3.05) is 6.54 Å². The lowest BCUT2D eigenvalue weighted by atomic mass is 10.1. The van der Waals surface area contributed by atoms with Gasteiger partial charge in [0.25, 0.3) is 5.56 Å². The number of carbonyl (C=O) groups excluding carboxylic acids is 2. The zero-order valence-electron chi connectivity index (χ0n) is 14.4. The Morgan fingerprint density at radius 1 is 0.963 bits per heavy atom. The zero-order valence-corrected chi connectivity index (χ0v) is 14.4. The molecule has 8 heteroatoms. The molecule has 138 valence electrons. The second kappa shape index (κ2) is 8.61. The molecule has 0 aliphatic carbocycles. The molecule has 0 atom stereocenters.